The van der Waals surface area contributed by atoms with Crippen molar-refractivity contribution in [2.24, 2.45) is 5.73 Å². The van der Waals surface area contributed by atoms with Gasteiger partial charge in [-0.3, -0.25) is 0 Å². The highest BCUT2D eigenvalue weighted by Gasteiger charge is 2.32. The lowest BCUT2D eigenvalue weighted by Crippen LogP contribution is -2.19. The van der Waals surface area contributed by atoms with E-state index in [0.717, 1.165) is 6.20 Å². The van der Waals surface area contributed by atoms with Gasteiger partial charge >= 0.3 is 6.36 Å². The fourth-order valence-corrected chi connectivity index (χ4v) is 1.55. The van der Waals surface area contributed by atoms with E-state index in [0.29, 0.717) is 3.57 Å². The van der Waals surface area contributed by atoms with Gasteiger partial charge in [0, 0.05) is 12.1 Å². The number of nitrogens with two attached hydrogens (primary N) is 2. The Bertz CT molecular complexity index is 369. The van der Waals surface area contributed by atoms with E-state index in [1.165, 1.54) is 0 Å². The van der Waals surface area contributed by atoms with Crippen LogP contribution < -0.4 is 16.2 Å². The highest BCUT2D eigenvalue weighted by molar-refractivity contribution is 14.1. The average molecular weight is 333 g/mol. The summed E-state index contributed by atoms with van der Waals surface area (Å²) in [5, 5.41) is 0. The number of hydrogen-bond acceptors (Lipinski definition) is 4. The Hall–Kier alpha value is -0.770. The van der Waals surface area contributed by atoms with Gasteiger partial charge in [-0.2, -0.15) is 0 Å². The quantitative estimate of drug-likeness (QED) is 0.807. The van der Waals surface area contributed by atoms with Crippen molar-refractivity contribution in [1.82, 2.24) is 4.98 Å². The van der Waals surface area contributed by atoms with Crippen molar-refractivity contribution in [2.45, 2.75) is 12.9 Å². The van der Waals surface area contributed by atoms with Gasteiger partial charge in [-0.05, 0) is 22.6 Å². The minimum absolute atomic E-state index is 0.101. The Labute approximate surface area is 96.9 Å². The first-order chi connectivity index (χ1) is 6.85. The van der Waals surface area contributed by atoms with Crippen molar-refractivity contribution >= 4 is 28.4 Å². The van der Waals surface area contributed by atoms with Crippen LogP contribution in [0.3, 0.4) is 0 Å². The van der Waals surface area contributed by atoms with Gasteiger partial charge in [0.05, 0.1) is 9.77 Å². The topological polar surface area (TPSA) is 74.2 Å². The second kappa shape index (κ2) is 4.39. The first kappa shape index (κ1) is 12.3. The molecule has 1 heterocycles. The van der Waals surface area contributed by atoms with Crippen molar-refractivity contribution in [3.05, 3.63) is 15.3 Å². The largest absolute Gasteiger partial charge is 0.573 e. The number of nitrogen functional groups attached to an aromatic ring is 1. The monoisotopic (exact) mass is 333 g/mol. The molecule has 1 rings (SSSR count). The fourth-order valence-electron chi connectivity index (χ4n) is 0.928. The van der Waals surface area contributed by atoms with Crippen LogP contribution in [0, 0.1) is 3.57 Å². The molecule has 0 amide bonds. The molecule has 15 heavy (non-hydrogen) atoms. The molecule has 0 saturated heterocycles. The third-order valence-corrected chi connectivity index (χ3v) is 2.74. The summed E-state index contributed by atoms with van der Waals surface area (Å²) in [6.45, 7) is -0.101. The van der Waals surface area contributed by atoms with Crippen molar-refractivity contribution in [1.29, 1.82) is 0 Å². The molecule has 0 spiro atoms. The molecule has 0 aliphatic rings. The SMILES string of the molecule is NCc1c(OC(F)(F)F)cnc(N)c1I. The van der Waals surface area contributed by atoms with E-state index in [9.17, 15) is 13.2 Å². The van der Waals surface area contributed by atoms with E-state index >= 15 is 0 Å². The Balaban J connectivity index is 3.14. The molecule has 0 radical (unpaired) electrons. The van der Waals surface area contributed by atoms with Gasteiger partial charge < -0.3 is 16.2 Å². The maximum absolute atomic E-state index is 12.0. The van der Waals surface area contributed by atoms with Crippen LogP contribution in [-0.4, -0.2) is 11.3 Å². The molecule has 8 heteroatoms. The number of rotatable bonds is 2. The summed E-state index contributed by atoms with van der Waals surface area (Å²) >= 11 is 1.77. The summed E-state index contributed by atoms with van der Waals surface area (Å²) in [5.41, 5.74) is 10.9. The van der Waals surface area contributed by atoms with Crippen LogP contribution in [-0.2, 0) is 6.54 Å². The number of aromatic nitrogens is 1. The lowest BCUT2D eigenvalue weighted by molar-refractivity contribution is -0.275. The molecule has 0 aromatic carbocycles. The molecule has 0 atom stereocenters. The Morgan fingerprint density at radius 2 is 2.07 bits per heavy atom. The predicted molar refractivity (Wildman–Crippen MR) is 55.9 cm³/mol. The first-order valence-electron chi connectivity index (χ1n) is 3.74. The lowest BCUT2D eigenvalue weighted by atomic mass is 10.2. The van der Waals surface area contributed by atoms with E-state index in [-0.39, 0.29) is 17.9 Å². The molecule has 1 aromatic heterocycles. The van der Waals surface area contributed by atoms with E-state index in [2.05, 4.69) is 9.72 Å². The lowest BCUT2D eigenvalue weighted by Gasteiger charge is -2.13. The maximum atomic E-state index is 12.0. The van der Waals surface area contributed by atoms with Gasteiger partial charge in [0.2, 0.25) is 0 Å². The molecule has 1 aromatic rings. The predicted octanol–water partition coefficient (Wildman–Crippen LogP) is 1.63. The summed E-state index contributed by atoms with van der Waals surface area (Å²) in [6.07, 6.45) is -3.85. The zero-order valence-corrected chi connectivity index (χ0v) is 9.46. The molecule has 0 fully saturated rings. The highest BCUT2D eigenvalue weighted by Crippen LogP contribution is 2.30. The van der Waals surface area contributed by atoms with Gasteiger partial charge in [0.25, 0.3) is 0 Å². The zero-order valence-electron chi connectivity index (χ0n) is 7.31. The van der Waals surface area contributed by atoms with Crippen LogP contribution in [0.4, 0.5) is 19.0 Å². The Morgan fingerprint density at radius 1 is 1.47 bits per heavy atom. The maximum Gasteiger partial charge on any atom is 0.573 e. The van der Waals surface area contributed by atoms with Crippen LogP contribution >= 0.6 is 22.6 Å². The average Bonchev–Trinajstić information content (AvgIpc) is 2.10. The van der Waals surface area contributed by atoms with Gasteiger partial charge in [0.1, 0.15) is 5.82 Å². The second-order valence-electron chi connectivity index (χ2n) is 2.55. The normalized spacial score (nSPS) is 11.5. The number of halogens is 4. The minimum Gasteiger partial charge on any atom is -0.404 e. The van der Waals surface area contributed by atoms with Crippen LogP contribution in [0.2, 0.25) is 0 Å². The number of ether oxygens (including phenoxy) is 1. The second-order valence-corrected chi connectivity index (χ2v) is 3.63. The standard InChI is InChI=1S/C7H7F3IN3O/c8-7(9,10)15-4-2-14-6(13)5(11)3(4)1-12/h2H,1,12H2,(H2,13,14). The zero-order chi connectivity index (χ0) is 11.6. The van der Waals surface area contributed by atoms with Gasteiger partial charge in [-0.1, -0.05) is 0 Å². The molecule has 0 bridgehead atoms. The molecule has 0 aliphatic carbocycles. The molecule has 0 aliphatic heterocycles. The molecule has 84 valence electrons. The summed E-state index contributed by atoms with van der Waals surface area (Å²) in [5.74, 6) is -0.283. The van der Waals surface area contributed by atoms with Gasteiger partial charge in [-0.15, -0.1) is 13.2 Å². The van der Waals surface area contributed by atoms with E-state index in [1.807, 2.05) is 0 Å². The summed E-state index contributed by atoms with van der Waals surface area (Å²) in [6, 6.07) is 0. The van der Waals surface area contributed by atoms with E-state index in [4.69, 9.17) is 11.5 Å². The van der Waals surface area contributed by atoms with Crippen LogP contribution in [0.15, 0.2) is 6.20 Å². The third kappa shape index (κ3) is 3.09. The fraction of sp³-hybridized carbons (Fsp3) is 0.286. The minimum atomic E-state index is -4.76. The van der Waals surface area contributed by atoms with Crippen LogP contribution in [0.1, 0.15) is 5.56 Å². The first-order valence-corrected chi connectivity index (χ1v) is 4.81. The van der Waals surface area contributed by atoms with E-state index in [1.54, 1.807) is 22.6 Å². The molecular formula is C7H7F3IN3O. The third-order valence-electron chi connectivity index (χ3n) is 1.54. The Morgan fingerprint density at radius 3 is 2.53 bits per heavy atom. The molecule has 0 saturated carbocycles. The number of hydrogen-bond donors (Lipinski definition) is 2. The number of anilines is 1. The summed E-state index contributed by atoms with van der Waals surface area (Å²) < 4.78 is 40.0. The Kier molecular flexibility index (Phi) is 3.60. The van der Waals surface area contributed by atoms with Crippen molar-refractivity contribution in [3.63, 3.8) is 0 Å². The molecule has 0 unspecified atom stereocenters. The smallest absolute Gasteiger partial charge is 0.404 e. The van der Waals surface area contributed by atoms with Crippen LogP contribution in [0.25, 0.3) is 0 Å². The molecule has 4 N–H and O–H groups in total. The van der Waals surface area contributed by atoms with Gasteiger partial charge in [0.15, 0.2) is 5.75 Å². The number of pyridine rings is 1. The van der Waals surface area contributed by atoms with Crippen molar-refractivity contribution in [3.8, 4) is 5.75 Å². The molecular weight excluding hydrogens is 326 g/mol. The number of nitrogens with zero attached hydrogens (tertiary/aromatic N) is 1. The van der Waals surface area contributed by atoms with Crippen LogP contribution in [0.5, 0.6) is 5.75 Å². The van der Waals surface area contributed by atoms with Crippen molar-refractivity contribution < 1.29 is 17.9 Å². The number of alkyl halides is 3. The summed E-state index contributed by atoms with van der Waals surface area (Å²) in [4.78, 5) is 3.56. The van der Waals surface area contributed by atoms with Crippen molar-refractivity contribution in [2.75, 3.05) is 5.73 Å². The van der Waals surface area contributed by atoms with Gasteiger partial charge in [-0.25, -0.2) is 4.98 Å². The highest BCUT2D eigenvalue weighted by atomic mass is 127. The van der Waals surface area contributed by atoms with E-state index < -0.39 is 12.1 Å². The molecule has 4 nitrogen and oxygen atoms in total. The summed E-state index contributed by atoms with van der Waals surface area (Å²) in [7, 11) is 0.